The lowest BCUT2D eigenvalue weighted by Gasteiger charge is -2.06. The molecule has 6 nitrogen and oxygen atoms in total. The number of carbonyl (C=O) groups is 1. The van der Waals surface area contributed by atoms with Gasteiger partial charge >= 0.3 is 0 Å². The molecule has 0 aliphatic heterocycles. The minimum absolute atomic E-state index is 0.122. The van der Waals surface area contributed by atoms with Gasteiger partial charge in [0.25, 0.3) is 5.91 Å². The fraction of sp³-hybridized carbons (Fsp3) is 0.211. The highest BCUT2D eigenvalue weighted by Crippen LogP contribution is 2.18. The van der Waals surface area contributed by atoms with Gasteiger partial charge in [0, 0.05) is 23.6 Å². The monoisotopic (exact) mass is 411 g/mol. The fourth-order valence-corrected chi connectivity index (χ4v) is 3.39. The molecule has 3 heterocycles. The summed E-state index contributed by atoms with van der Waals surface area (Å²) in [4.78, 5) is 25.1. The Hall–Kier alpha value is -2.67. The van der Waals surface area contributed by atoms with Gasteiger partial charge in [-0.2, -0.15) is 0 Å². The lowest BCUT2D eigenvalue weighted by Crippen LogP contribution is -2.28. The van der Waals surface area contributed by atoms with Gasteiger partial charge in [-0.15, -0.1) is 0 Å². The van der Waals surface area contributed by atoms with Gasteiger partial charge in [0.2, 0.25) is 0 Å². The van der Waals surface area contributed by atoms with Crippen molar-refractivity contribution >= 4 is 38.5 Å². The zero-order chi connectivity index (χ0) is 18.1. The smallest absolute Gasteiger partial charge is 0.270 e. The van der Waals surface area contributed by atoms with Gasteiger partial charge in [-0.3, -0.25) is 9.20 Å². The first-order valence-corrected chi connectivity index (χ1v) is 9.33. The van der Waals surface area contributed by atoms with Crippen molar-refractivity contribution in [2.45, 2.75) is 19.8 Å². The molecule has 26 heavy (non-hydrogen) atoms. The minimum atomic E-state index is -0.122. The van der Waals surface area contributed by atoms with Crippen LogP contribution in [0.1, 0.15) is 28.9 Å². The number of H-pyrrole nitrogens is 1. The number of hydrogen-bond donors (Lipinski definition) is 2. The molecular weight excluding hydrogens is 394 g/mol. The van der Waals surface area contributed by atoms with E-state index in [-0.39, 0.29) is 5.91 Å². The van der Waals surface area contributed by atoms with Crippen LogP contribution in [0.25, 0.3) is 16.7 Å². The van der Waals surface area contributed by atoms with Gasteiger partial charge in [0.15, 0.2) is 0 Å². The molecule has 0 atom stereocenters. The second-order valence-corrected chi connectivity index (χ2v) is 6.96. The minimum Gasteiger partial charge on any atom is -0.350 e. The quantitative estimate of drug-likeness (QED) is 0.527. The molecule has 1 amide bonds. The SMILES string of the molecule is CCc1nc2ccc(Br)cn2c1C(=O)NCCc1nc2ccccc2[nH]1. The molecule has 0 saturated carbocycles. The van der Waals surface area contributed by atoms with E-state index >= 15 is 0 Å². The van der Waals surface area contributed by atoms with Crippen molar-refractivity contribution < 1.29 is 4.79 Å². The number of aromatic amines is 1. The molecule has 0 unspecified atom stereocenters. The molecule has 3 aromatic heterocycles. The van der Waals surface area contributed by atoms with Crippen molar-refractivity contribution in [1.29, 1.82) is 0 Å². The Balaban J connectivity index is 1.51. The lowest BCUT2D eigenvalue weighted by atomic mass is 10.2. The van der Waals surface area contributed by atoms with Crippen LogP contribution in [-0.4, -0.2) is 31.8 Å². The lowest BCUT2D eigenvalue weighted by molar-refractivity contribution is 0.0947. The number of aryl methyl sites for hydroxylation is 1. The van der Waals surface area contributed by atoms with Gasteiger partial charge < -0.3 is 10.3 Å². The number of fused-ring (bicyclic) bond motifs is 2. The number of amides is 1. The molecule has 132 valence electrons. The summed E-state index contributed by atoms with van der Waals surface area (Å²) in [5.41, 5.74) is 4.10. The molecule has 0 fully saturated rings. The largest absolute Gasteiger partial charge is 0.350 e. The molecule has 4 aromatic rings. The van der Waals surface area contributed by atoms with Crippen LogP contribution in [0.2, 0.25) is 0 Å². The van der Waals surface area contributed by atoms with E-state index in [0.717, 1.165) is 32.7 Å². The number of nitrogens with zero attached hydrogens (tertiary/aromatic N) is 3. The predicted molar refractivity (Wildman–Crippen MR) is 104 cm³/mol. The van der Waals surface area contributed by atoms with Crippen LogP contribution in [0.5, 0.6) is 0 Å². The summed E-state index contributed by atoms with van der Waals surface area (Å²) in [6.45, 7) is 2.51. The standard InChI is InChI=1S/C19H18BrN5O/c1-2-13-18(25-11-12(20)7-8-17(25)24-13)19(26)21-10-9-16-22-14-5-3-4-6-15(14)23-16/h3-8,11H,2,9-10H2,1H3,(H,21,26)(H,22,23). The highest BCUT2D eigenvalue weighted by atomic mass is 79.9. The summed E-state index contributed by atoms with van der Waals surface area (Å²) in [6, 6.07) is 11.7. The number of imidazole rings is 2. The summed E-state index contributed by atoms with van der Waals surface area (Å²) < 4.78 is 2.74. The van der Waals surface area contributed by atoms with E-state index in [2.05, 4.69) is 36.2 Å². The van der Waals surface area contributed by atoms with Gasteiger partial charge in [-0.1, -0.05) is 19.1 Å². The number of carbonyl (C=O) groups excluding carboxylic acids is 1. The molecule has 4 rings (SSSR count). The Morgan fingerprint density at radius 2 is 2.08 bits per heavy atom. The highest BCUT2D eigenvalue weighted by molar-refractivity contribution is 9.10. The fourth-order valence-electron chi connectivity index (χ4n) is 3.06. The number of para-hydroxylation sites is 2. The van der Waals surface area contributed by atoms with E-state index in [1.165, 1.54) is 0 Å². The Morgan fingerprint density at radius 1 is 1.23 bits per heavy atom. The van der Waals surface area contributed by atoms with Crippen LogP contribution in [0.15, 0.2) is 47.1 Å². The van der Waals surface area contributed by atoms with Crippen molar-refractivity contribution in [3.63, 3.8) is 0 Å². The summed E-state index contributed by atoms with van der Waals surface area (Å²) in [5, 5.41) is 2.99. The number of pyridine rings is 1. The van der Waals surface area contributed by atoms with Crippen LogP contribution >= 0.6 is 15.9 Å². The second-order valence-electron chi connectivity index (χ2n) is 6.04. The molecule has 1 aromatic carbocycles. The average Bonchev–Trinajstić information content (AvgIpc) is 3.21. The van der Waals surface area contributed by atoms with Crippen molar-refractivity contribution in [2.24, 2.45) is 0 Å². The number of halogens is 1. The van der Waals surface area contributed by atoms with E-state index in [1.807, 2.05) is 53.9 Å². The third kappa shape index (κ3) is 3.10. The third-order valence-electron chi connectivity index (χ3n) is 4.29. The first-order valence-electron chi connectivity index (χ1n) is 8.54. The van der Waals surface area contributed by atoms with E-state index in [1.54, 1.807) is 0 Å². The Morgan fingerprint density at radius 3 is 2.88 bits per heavy atom. The van der Waals surface area contributed by atoms with Crippen molar-refractivity contribution in [3.05, 3.63) is 64.3 Å². The number of rotatable bonds is 5. The molecule has 2 N–H and O–H groups in total. The van der Waals surface area contributed by atoms with Gasteiger partial charge in [0.05, 0.1) is 16.7 Å². The van der Waals surface area contributed by atoms with Crippen LogP contribution < -0.4 is 5.32 Å². The van der Waals surface area contributed by atoms with E-state index in [0.29, 0.717) is 25.1 Å². The van der Waals surface area contributed by atoms with Crippen LogP contribution in [0.3, 0.4) is 0 Å². The van der Waals surface area contributed by atoms with Crippen molar-refractivity contribution in [3.8, 4) is 0 Å². The normalized spacial score (nSPS) is 11.3. The van der Waals surface area contributed by atoms with Gasteiger partial charge in [-0.25, -0.2) is 9.97 Å². The second kappa shape index (κ2) is 6.92. The number of aromatic nitrogens is 4. The predicted octanol–water partition coefficient (Wildman–Crippen LogP) is 3.51. The zero-order valence-corrected chi connectivity index (χ0v) is 15.9. The molecule has 0 radical (unpaired) electrons. The molecular formula is C19H18BrN5O. The number of nitrogens with one attached hydrogen (secondary N) is 2. The highest BCUT2D eigenvalue weighted by Gasteiger charge is 2.18. The molecule has 0 saturated heterocycles. The molecule has 0 aliphatic rings. The van der Waals surface area contributed by atoms with Gasteiger partial charge in [-0.05, 0) is 46.6 Å². The molecule has 0 aliphatic carbocycles. The summed E-state index contributed by atoms with van der Waals surface area (Å²) in [6.07, 6.45) is 3.21. The van der Waals surface area contributed by atoms with Crippen LogP contribution in [0, 0.1) is 0 Å². The first-order chi connectivity index (χ1) is 12.7. The third-order valence-corrected chi connectivity index (χ3v) is 4.76. The summed E-state index contributed by atoms with van der Waals surface area (Å²) in [7, 11) is 0. The topological polar surface area (TPSA) is 75.1 Å². The number of hydrogen-bond acceptors (Lipinski definition) is 3. The average molecular weight is 412 g/mol. The van der Waals surface area contributed by atoms with Crippen LogP contribution in [0.4, 0.5) is 0 Å². The molecule has 0 spiro atoms. The van der Waals surface area contributed by atoms with Crippen LogP contribution in [-0.2, 0) is 12.8 Å². The maximum Gasteiger partial charge on any atom is 0.270 e. The maximum absolute atomic E-state index is 12.8. The van der Waals surface area contributed by atoms with Crippen molar-refractivity contribution in [2.75, 3.05) is 6.54 Å². The summed E-state index contributed by atoms with van der Waals surface area (Å²) >= 11 is 3.45. The van der Waals surface area contributed by atoms with Crippen molar-refractivity contribution in [1.82, 2.24) is 24.7 Å². The maximum atomic E-state index is 12.8. The molecule has 7 heteroatoms. The zero-order valence-electron chi connectivity index (χ0n) is 14.3. The summed E-state index contributed by atoms with van der Waals surface area (Å²) in [5.74, 6) is 0.742. The Labute approximate surface area is 158 Å². The number of benzene rings is 1. The van der Waals surface area contributed by atoms with E-state index in [9.17, 15) is 4.79 Å². The first kappa shape index (κ1) is 16.8. The van der Waals surface area contributed by atoms with E-state index < -0.39 is 0 Å². The molecule has 0 bridgehead atoms. The van der Waals surface area contributed by atoms with E-state index in [4.69, 9.17) is 0 Å². The Kier molecular flexibility index (Phi) is 4.46. The van der Waals surface area contributed by atoms with Gasteiger partial charge in [0.1, 0.15) is 17.2 Å². The Bertz CT molecular complexity index is 1060.